The van der Waals surface area contributed by atoms with Crippen LogP contribution in [-0.2, 0) is 16.1 Å². The third-order valence-electron chi connectivity index (χ3n) is 4.43. The van der Waals surface area contributed by atoms with E-state index in [1.165, 1.54) is 0 Å². The molecule has 0 aliphatic heterocycles. The van der Waals surface area contributed by atoms with Crippen molar-refractivity contribution in [3.05, 3.63) is 65.7 Å². The summed E-state index contributed by atoms with van der Waals surface area (Å²) in [6.45, 7) is 8.19. The number of nitrogens with zero attached hydrogens (tertiary/aromatic N) is 1. The van der Waals surface area contributed by atoms with Crippen molar-refractivity contribution in [3.63, 3.8) is 0 Å². The summed E-state index contributed by atoms with van der Waals surface area (Å²) in [5, 5.41) is 2.90. The van der Waals surface area contributed by atoms with Crippen LogP contribution in [0.15, 0.2) is 54.6 Å². The molecule has 4 nitrogen and oxygen atoms in total. The minimum atomic E-state index is -1.14. The Labute approximate surface area is 149 Å². The first-order valence-corrected chi connectivity index (χ1v) is 8.57. The third kappa shape index (κ3) is 4.27. The molecule has 0 spiro atoms. The zero-order valence-corrected chi connectivity index (χ0v) is 15.4. The SMILES string of the molecule is CCN(C(=O)C(C)(C)C(=O)NCc1ccccc1C)c1ccccc1. The second-order valence-electron chi connectivity index (χ2n) is 6.62. The van der Waals surface area contributed by atoms with Crippen LogP contribution in [0.25, 0.3) is 0 Å². The van der Waals surface area contributed by atoms with Crippen molar-refractivity contribution >= 4 is 17.5 Å². The molecular formula is C21H26N2O2. The van der Waals surface area contributed by atoms with Crippen LogP contribution in [0, 0.1) is 12.3 Å². The van der Waals surface area contributed by atoms with Crippen LogP contribution < -0.4 is 10.2 Å². The Balaban J connectivity index is 2.11. The monoisotopic (exact) mass is 338 g/mol. The molecule has 4 heteroatoms. The van der Waals surface area contributed by atoms with Crippen molar-refractivity contribution in [2.75, 3.05) is 11.4 Å². The van der Waals surface area contributed by atoms with E-state index < -0.39 is 5.41 Å². The van der Waals surface area contributed by atoms with Gasteiger partial charge in [-0.1, -0.05) is 42.5 Å². The highest BCUT2D eigenvalue weighted by Gasteiger charge is 2.39. The summed E-state index contributed by atoms with van der Waals surface area (Å²) in [7, 11) is 0. The van der Waals surface area contributed by atoms with E-state index in [4.69, 9.17) is 0 Å². The highest BCUT2D eigenvalue weighted by Crippen LogP contribution is 2.24. The van der Waals surface area contributed by atoms with Crippen molar-refractivity contribution in [1.29, 1.82) is 0 Å². The van der Waals surface area contributed by atoms with Gasteiger partial charge in [0.1, 0.15) is 5.41 Å². The largest absolute Gasteiger partial charge is 0.351 e. The van der Waals surface area contributed by atoms with Crippen molar-refractivity contribution in [2.45, 2.75) is 34.2 Å². The Hall–Kier alpha value is -2.62. The predicted octanol–water partition coefficient (Wildman–Crippen LogP) is 3.69. The first kappa shape index (κ1) is 18.7. The van der Waals surface area contributed by atoms with Gasteiger partial charge in [0.2, 0.25) is 11.8 Å². The molecule has 2 aromatic carbocycles. The molecule has 0 heterocycles. The Morgan fingerprint density at radius 3 is 2.20 bits per heavy atom. The number of anilines is 1. The molecule has 0 aliphatic carbocycles. The number of para-hydroxylation sites is 1. The number of amides is 2. The second-order valence-corrected chi connectivity index (χ2v) is 6.62. The van der Waals surface area contributed by atoms with Crippen LogP contribution in [0.3, 0.4) is 0 Å². The van der Waals surface area contributed by atoms with E-state index in [2.05, 4.69) is 5.32 Å². The van der Waals surface area contributed by atoms with Crippen LogP contribution in [0.5, 0.6) is 0 Å². The minimum absolute atomic E-state index is 0.205. The summed E-state index contributed by atoms with van der Waals surface area (Å²) in [5.41, 5.74) is 1.82. The maximum Gasteiger partial charge on any atom is 0.242 e. The molecule has 0 aromatic heterocycles. The fourth-order valence-electron chi connectivity index (χ4n) is 2.69. The van der Waals surface area contributed by atoms with E-state index >= 15 is 0 Å². The highest BCUT2D eigenvalue weighted by atomic mass is 16.2. The van der Waals surface area contributed by atoms with Gasteiger partial charge in [-0.25, -0.2) is 0 Å². The van der Waals surface area contributed by atoms with Gasteiger partial charge in [-0.15, -0.1) is 0 Å². The molecule has 2 amide bonds. The molecule has 0 saturated heterocycles. The van der Waals surface area contributed by atoms with E-state index in [0.29, 0.717) is 13.1 Å². The molecule has 0 atom stereocenters. The van der Waals surface area contributed by atoms with E-state index in [-0.39, 0.29) is 11.8 Å². The average molecular weight is 338 g/mol. The summed E-state index contributed by atoms with van der Waals surface area (Å²) in [6.07, 6.45) is 0. The molecule has 132 valence electrons. The Kier molecular flexibility index (Phi) is 5.97. The Morgan fingerprint density at radius 2 is 1.60 bits per heavy atom. The fraction of sp³-hybridized carbons (Fsp3) is 0.333. The van der Waals surface area contributed by atoms with Crippen LogP contribution in [0.2, 0.25) is 0 Å². The van der Waals surface area contributed by atoms with E-state index in [0.717, 1.165) is 16.8 Å². The van der Waals surface area contributed by atoms with Crippen LogP contribution in [0.4, 0.5) is 5.69 Å². The van der Waals surface area contributed by atoms with Gasteiger partial charge < -0.3 is 10.2 Å². The lowest BCUT2D eigenvalue weighted by atomic mass is 9.89. The smallest absolute Gasteiger partial charge is 0.242 e. The van der Waals surface area contributed by atoms with Crippen molar-refractivity contribution < 1.29 is 9.59 Å². The molecule has 2 rings (SSSR count). The van der Waals surface area contributed by atoms with E-state index in [1.807, 2.05) is 68.4 Å². The first-order valence-electron chi connectivity index (χ1n) is 8.57. The number of hydrogen-bond acceptors (Lipinski definition) is 2. The van der Waals surface area contributed by atoms with Crippen LogP contribution in [0.1, 0.15) is 31.9 Å². The second kappa shape index (κ2) is 7.97. The normalized spacial score (nSPS) is 11.0. The number of nitrogens with one attached hydrogen (secondary N) is 1. The standard InChI is InChI=1S/C21H26N2O2/c1-5-23(18-13-7-6-8-14-18)20(25)21(3,4)19(24)22-15-17-12-10-9-11-16(17)2/h6-14H,5,15H2,1-4H3,(H,22,24). The van der Waals surface area contributed by atoms with E-state index in [1.54, 1.807) is 18.7 Å². The lowest BCUT2D eigenvalue weighted by molar-refractivity contribution is -0.139. The Morgan fingerprint density at radius 1 is 1.00 bits per heavy atom. The van der Waals surface area contributed by atoms with Crippen LogP contribution in [-0.4, -0.2) is 18.4 Å². The quantitative estimate of drug-likeness (QED) is 0.817. The maximum atomic E-state index is 13.0. The zero-order chi connectivity index (χ0) is 18.4. The van der Waals surface area contributed by atoms with Gasteiger partial charge in [-0.3, -0.25) is 9.59 Å². The van der Waals surface area contributed by atoms with Gasteiger partial charge in [-0.2, -0.15) is 0 Å². The topological polar surface area (TPSA) is 49.4 Å². The molecule has 0 unspecified atom stereocenters. The molecular weight excluding hydrogens is 312 g/mol. The summed E-state index contributed by atoms with van der Waals surface area (Å²) < 4.78 is 0. The fourth-order valence-corrected chi connectivity index (χ4v) is 2.69. The van der Waals surface area contributed by atoms with Gasteiger partial charge >= 0.3 is 0 Å². The first-order chi connectivity index (χ1) is 11.9. The molecule has 25 heavy (non-hydrogen) atoms. The molecule has 0 bridgehead atoms. The third-order valence-corrected chi connectivity index (χ3v) is 4.43. The number of benzene rings is 2. The number of carbonyl (C=O) groups is 2. The summed E-state index contributed by atoms with van der Waals surface area (Å²) >= 11 is 0. The predicted molar refractivity (Wildman–Crippen MR) is 101 cm³/mol. The number of carbonyl (C=O) groups excluding carboxylic acids is 2. The molecule has 1 N–H and O–H groups in total. The number of hydrogen-bond donors (Lipinski definition) is 1. The van der Waals surface area contributed by atoms with Gasteiger partial charge in [0.15, 0.2) is 0 Å². The lowest BCUT2D eigenvalue weighted by Gasteiger charge is -2.30. The van der Waals surface area contributed by atoms with Crippen molar-refractivity contribution in [3.8, 4) is 0 Å². The lowest BCUT2D eigenvalue weighted by Crippen LogP contribution is -2.49. The van der Waals surface area contributed by atoms with Crippen molar-refractivity contribution in [1.82, 2.24) is 5.32 Å². The van der Waals surface area contributed by atoms with Gasteiger partial charge in [0, 0.05) is 18.8 Å². The molecule has 0 saturated carbocycles. The number of rotatable bonds is 6. The highest BCUT2D eigenvalue weighted by molar-refractivity contribution is 6.11. The zero-order valence-electron chi connectivity index (χ0n) is 15.4. The van der Waals surface area contributed by atoms with Crippen LogP contribution >= 0.6 is 0 Å². The summed E-state index contributed by atoms with van der Waals surface area (Å²) in [5.74, 6) is -0.474. The molecule has 0 radical (unpaired) electrons. The van der Waals surface area contributed by atoms with E-state index in [9.17, 15) is 9.59 Å². The summed E-state index contributed by atoms with van der Waals surface area (Å²) in [6, 6.07) is 17.3. The summed E-state index contributed by atoms with van der Waals surface area (Å²) in [4.78, 5) is 27.3. The molecule has 0 aliphatic rings. The Bertz CT molecular complexity index is 739. The molecule has 0 fully saturated rings. The molecule has 2 aromatic rings. The van der Waals surface area contributed by atoms with Gasteiger partial charge in [0.25, 0.3) is 0 Å². The van der Waals surface area contributed by atoms with Gasteiger partial charge in [-0.05, 0) is 51.0 Å². The van der Waals surface area contributed by atoms with Crippen molar-refractivity contribution in [2.24, 2.45) is 5.41 Å². The number of aryl methyl sites for hydroxylation is 1. The van der Waals surface area contributed by atoms with Gasteiger partial charge in [0.05, 0.1) is 0 Å². The maximum absolute atomic E-state index is 13.0. The minimum Gasteiger partial charge on any atom is -0.351 e. The average Bonchev–Trinajstić information content (AvgIpc) is 2.62.